The van der Waals surface area contributed by atoms with Gasteiger partial charge in [-0.15, -0.1) is 21.5 Å². The Labute approximate surface area is 258 Å². The van der Waals surface area contributed by atoms with Crippen molar-refractivity contribution in [3.05, 3.63) is 33.8 Å². The third-order valence-electron chi connectivity index (χ3n) is 6.96. The highest BCUT2D eigenvalue weighted by Crippen LogP contribution is 2.48. The van der Waals surface area contributed by atoms with Crippen molar-refractivity contribution in [1.82, 2.24) is 19.9 Å². The molecule has 0 spiro atoms. The summed E-state index contributed by atoms with van der Waals surface area (Å²) >= 11 is 14.1. The zero-order valence-electron chi connectivity index (χ0n) is 23.0. The van der Waals surface area contributed by atoms with Gasteiger partial charge in [-0.1, -0.05) is 36.2 Å². The average molecular weight is 690 g/mol. The third-order valence-corrected chi connectivity index (χ3v) is 10.8. The first-order chi connectivity index (χ1) is 19.7. The van der Waals surface area contributed by atoms with Gasteiger partial charge in [0.25, 0.3) is 5.89 Å². The number of halogens is 7. The number of alkyl halides is 5. The van der Waals surface area contributed by atoms with E-state index in [4.69, 9.17) is 27.6 Å². The Morgan fingerprint density at radius 3 is 2.47 bits per heavy atom. The molecule has 8 nitrogen and oxygen atoms in total. The van der Waals surface area contributed by atoms with Crippen LogP contribution in [0.25, 0.3) is 21.3 Å². The number of thiazole rings is 1. The molecule has 0 saturated heterocycles. The van der Waals surface area contributed by atoms with E-state index < -0.39 is 45.7 Å². The van der Waals surface area contributed by atoms with E-state index in [-0.39, 0.29) is 68.9 Å². The third kappa shape index (κ3) is 7.32. The minimum absolute atomic E-state index is 0.0331. The lowest BCUT2D eigenvalue weighted by atomic mass is 9.78. The number of nitrogens with one attached hydrogen (secondary N) is 1. The fourth-order valence-electron chi connectivity index (χ4n) is 4.50. The highest BCUT2D eigenvalue weighted by Gasteiger charge is 2.46. The van der Waals surface area contributed by atoms with Gasteiger partial charge in [-0.05, 0) is 44.5 Å². The number of carboxylic acid groups (broad SMARTS) is 1. The van der Waals surface area contributed by atoms with Crippen molar-refractivity contribution in [1.29, 1.82) is 0 Å². The fraction of sp³-hybridized carbons (Fsp3) is 0.500. The summed E-state index contributed by atoms with van der Waals surface area (Å²) in [5.74, 6) is -0.771. The molecule has 1 aliphatic rings. The number of aliphatic carboxylic acids is 1. The van der Waals surface area contributed by atoms with Crippen LogP contribution >= 0.6 is 34.5 Å². The van der Waals surface area contributed by atoms with Crippen LogP contribution in [0.2, 0.25) is 10.0 Å². The average Bonchev–Trinajstić information content (AvgIpc) is 3.49. The van der Waals surface area contributed by atoms with Crippen LogP contribution in [-0.2, 0) is 27.3 Å². The first-order valence-corrected chi connectivity index (χ1v) is 16.2. The van der Waals surface area contributed by atoms with E-state index in [2.05, 4.69) is 21.1 Å². The van der Waals surface area contributed by atoms with Crippen molar-refractivity contribution in [2.24, 2.45) is 11.3 Å². The van der Waals surface area contributed by atoms with Gasteiger partial charge in [0, 0.05) is 24.8 Å². The van der Waals surface area contributed by atoms with Crippen molar-refractivity contribution in [3.8, 4) is 21.3 Å². The van der Waals surface area contributed by atoms with Gasteiger partial charge in [0.05, 0.1) is 40.6 Å². The quantitative estimate of drug-likeness (QED) is 0.160. The molecule has 0 bridgehead atoms. The number of carboxylic acids is 1. The maximum Gasteiger partial charge on any atom is 0.404 e. The molecular formula is C26H27Cl2F5N4O4S2. The number of carbonyl (C=O) groups is 1. The Balaban J connectivity index is 1.73. The van der Waals surface area contributed by atoms with E-state index in [0.29, 0.717) is 10.6 Å². The van der Waals surface area contributed by atoms with Crippen molar-refractivity contribution in [2.75, 3.05) is 0 Å². The predicted molar refractivity (Wildman–Crippen MR) is 154 cm³/mol. The summed E-state index contributed by atoms with van der Waals surface area (Å²) < 4.78 is 88.2. The van der Waals surface area contributed by atoms with Gasteiger partial charge in [0.2, 0.25) is 11.8 Å². The van der Waals surface area contributed by atoms with Gasteiger partial charge in [-0.3, -0.25) is 4.79 Å². The Bertz CT molecular complexity index is 1630. The molecule has 43 heavy (non-hydrogen) atoms. The maximum atomic E-state index is 13.6. The van der Waals surface area contributed by atoms with E-state index in [0.717, 1.165) is 11.3 Å². The van der Waals surface area contributed by atoms with Crippen LogP contribution in [0.15, 0.2) is 21.4 Å². The molecule has 0 aliphatic heterocycles. The van der Waals surface area contributed by atoms with Gasteiger partial charge in [-0.2, -0.15) is 13.2 Å². The Hall–Kier alpha value is -2.33. The smallest absolute Gasteiger partial charge is 0.404 e. The van der Waals surface area contributed by atoms with Crippen molar-refractivity contribution in [3.63, 3.8) is 0 Å². The monoisotopic (exact) mass is 688 g/mol. The van der Waals surface area contributed by atoms with E-state index in [9.17, 15) is 36.1 Å². The van der Waals surface area contributed by atoms with Crippen LogP contribution in [0.4, 0.5) is 22.0 Å². The zero-order chi connectivity index (χ0) is 32.1. The van der Waals surface area contributed by atoms with Gasteiger partial charge < -0.3 is 9.52 Å². The number of benzene rings is 1. The molecule has 2 N–H and O–H groups in total. The van der Waals surface area contributed by atoms with E-state index in [1.807, 2.05) is 4.72 Å². The summed E-state index contributed by atoms with van der Waals surface area (Å²) in [7, 11) is -3.76. The molecule has 0 radical (unpaired) electrons. The molecule has 17 heteroatoms. The largest absolute Gasteiger partial charge is 0.481 e. The predicted octanol–water partition coefficient (Wildman–Crippen LogP) is 7.33. The van der Waals surface area contributed by atoms with Gasteiger partial charge in [-0.25, -0.2) is 22.7 Å². The van der Waals surface area contributed by atoms with Crippen molar-refractivity contribution in [2.45, 2.75) is 75.9 Å². The molecule has 1 fully saturated rings. The maximum absolute atomic E-state index is 13.6. The zero-order valence-corrected chi connectivity index (χ0v) is 26.2. The summed E-state index contributed by atoms with van der Waals surface area (Å²) in [4.78, 5) is 16.2. The van der Waals surface area contributed by atoms with Gasteiger partial charge in [0.1, 0.15) is 6.04 Å². The lowest BCUT2D eigenvalue weighted by Gasteiger charge is -2.34. The van der Waals surface area contributed by atoms with Crippen LogP contribution in [0.1, 0.15) is 51.6 Å². The van der Waals surface area contributed by atoms with Crippen LogP contribution in [0, 0.1) is 11.3 Å². The molecule has 2 atom stereocenters. The molecule has 1 unspecified atom stereocenters. The minimum atomic E-state index is -4.68. The van der Waals surface area contributed by atoms with E-state index >= 15 is 0 Å². The normalized spacial score (nSPS) is 17.8. The highest BCUT2D eigenvalue weighted by atomic mass is 35.5. The number of nitrogens with zero attached hydrogens (tertiary/aromatic N) is 3. The Kier molecular flexibility index (Phi) is 9.27. The van der Waals surface area contributed by atoms with Crippen LogP contribution in [0.5, 0.6) is 0 Å². The van der Waals surface area contributed by atoms with Gasteiger partial charge in [0.15, 0.2) is 5.01 Å². The van der Waals surface area contributed by atoms with E-state index in [1.54, 1.807) is 0 Å². The summed E-state index contributed by atoms with van der Waals surface area (Å²) in [6, 6.07) is 0.535. The van der Waals surface area contributed by atoms with Crippen molar-refractivity contribution < 1.29 is 40.5 Å². The second kappa shape index (κ2) is 11.9. The topological polar surface area (TPSA) is 118 Å². The molecule has 1 aromatic carbocycles. The lowest BCUT2D eigenvalue weighted by molar-refractivity contribution is -0.151. The Morgan fingerprint density at radius 1 is 1.26 bits per heavy atom. The second-order valence-electron chi connectivity index (χ2n) is 11.0. The number of rotatable bonds is 11. The summed E-state index contributed by atoms with van der Waals surface area (Å²) in [6.07, 6.45) is -5.69. The molecule has 3 aromatic rings. The summed E-state index contributed by atoms with van der Waals surface area (Å²) in [5, 5.41) is 17.0. The summed E-state index contributed by atoms with van der Waals surface area (Å²) in [6.45, 7) is 4.26. The van der Waals surface area contributed by atoms with Crippen LogP contribution in [-0.4, -0.2) is 54.5 Å². The fourth-order valence-corrected chi connectivity index (χ4v) is 8.02. The van der Waals surface area contributed by atoms with E-state index in [1.165, 1.54) is 32.9 Å². The molecule has 1 aliphatic carbocycles. The first kappa shape index (κ1) is 33.6. The lowest BCUT2D eigenvalue weighted by Crippen LogP contribution is -2.44. The SMILES string of the molecule is C=S(=O)(N[C@@H](CC)C(F)(F)F)c1ccc(-c2sc(-c3nnc(CC(C)(C)C(=O)O)o3)nc2CC2CC(F)(F)C2)c(Cl)c1Cl. The van der Waals surface area contributed by atoms with Crippen molar-refractivity contribution >= 4 is 56.1 Å². The molecule has 1 saturated carbocycles. The minimum Gasteiger partial charge on any atom is -0.481 e. The van der Waals surface area contributed by atoms with Crippen LogP contribution in [0.3, 0.4) is 0 Å². The number of hydrogen-bond acceptors (Lipinski definition) is 7. The van der Waals surface area contributed by atoms with Crippen LogP contribution < -0.4 is 4.72 Å². The number of hydrogen-bond donors (Lipinski definition) is 2. The molecule has 2 heterocycles. The molecule has 4 rings (SSSR count). The Morgan fingerprint density at radius 2 is 1.91 bits per heavy atom. The molecule has 0 amide bonds. The highest BCUT2D eigenvalue weighted by molar-refractivity contribution is 7.98. The summed E-state index contributed by atoms with van der Waals surface area (Å²) in [5.41, 5.74) is -0.553. The standard InChI is InChI=1S/C26H27Cl2F5N4O4S2/c1-5-16(26(31,32)33)37-43(4,40)15-7-6-13(18(27)19(15)28)20-14(8-12-9-25(29,30)10-12)34-22(42-20)21-36-35-17(41-21)11-24(2,3)23(38)39/h6-7,12,16H,4-5,8-11H2,1-3H3,(H,37,40)(H,38,39)/t16-,43?/m0/s1. The molecule has 2 aromatic heterocycles. The number of aromatic nitrogens is 3. The second-order valence-corrected chi connectivity index (χ2v) is 14.8. The molecule has 236 valence electrons. The van der Waals surface area contributed by atoms with Gasteiger partial charge >= 0.3 is 12.1 Å². The molecular weight excluding hydrogens is 662 g/mol. The first-order valence-electron chi connectivity index (χ1n) is 12.9.